The molecule has 2 amide bonds. The maximum Gasteiger partial charge on any atom is 0.274 e. The third-order valence-electron chi connectivity index (χ3n) is 3.06. The number of carbonyl (C=O) groups excluding carboxylic acids is 2. The van der Waals surface area contributed by atoms with Crippen LogP contribution in [0.4, 0.5) is 17.3 Å². The molecule has 7 nitrogen and oxygen atoms in total. The minimum atomic E-state index is -0.333. The van der Waals surface area contributed by atoms with Gasteiger partial charge in [0, 0.05) is 30.5 Å². The Labute approximate surface area is 140 Å². The number of hydrogen-bond acceptors (Lipinski definition) is 5. The molecule has 0 aliphatic rings. The van der Waals surface area contributed by atoms with Crippen molar-refractivity contribution in [2.45, 2.75) is 27.2 Å². The van der Waals surface area contributed by atoms with Gasteiger partial charge in [-0.25, -0.2) is 9.97 Å². The van der Waals surface area contributed by atoms with E-state index in [9.17, 15) is 9.59 Å². The van der Waals surface area contributed by atoms with Crippen molar-refractivity contribution in [1.29, 1.82) is 0 Å². The number of nitrogens with zero attached hydrogens (tertiary/aromatic N) is 2. The summed E-state index contributed by atoms with van der Waals surface area (Å²) < 4.78 is 0. The van der Waals surface area contributed by atoms with Crippen molar-refractivity contribution in [2.24, 2.45) is 0 Å². The normalized spacial score (nSPS) is 10.1. The smallest absolute Gasteiger partial charge is 0.274 e. The molecule has 1 aromatic carbocycles. The van der Waals surface area contributed by atoms with Crippen molar-refractivity contribution >= 4 is 29.1 Å². The van der Waals surface area contributed by atoms with Crippen LogP contribution in [0, 0.1) is 6.92 Å². The molecule has 2 aromatic rings. The first-order valence-electron chi connectivity index (χ1n) is 7.76. The second kappa shape index (κ2) is 8.05. The van der Waals surface area contributed by atoms with E-state index >= 15 is 0 Å². The lowest BCUT2D eigenvalue weighted by Gasteiger charge is -2.09. The number of nitrogens with one attached hydrogen (secondary N) is 3. The van der Waals surface area contributed by atoms with Gasteiger partial charge in [0.25, 0.3) is 5.91 Å². The Morgan fingerprint density at radius 1 is 1.08 bits per heavy atom. The van der Waals surface area contributed by atoms with E-state index < -0.39 is 0 Å². The summed E-state index contributed by atoms with van der Waals surface area (Å²) in [5.74, 6) is -0.0643. The van der Waals surface area contributed by atoms with Crippen LogP contribution >= 0.6 is 0 Å². The van der Waals surface area contributed by atoms with Crippen molar-refractivity contribution in [2.75, 3.05) is 22.5 Å². The summed E-state index contributed by atoms with van der Waals surface area (Å²) in [4.78, 5) is 32.0. The van der Waals surface area contributed by atoms with Gasteiger partial charge in [-0.05, 0) is 37.6 Å². The van der Waals surface area contributed by atoms with E-state index in [2.05, 4.69) is 25.9 Å². The van der Waals surface area contributed by atoms with Crippen LogP contribution in [-0.4, -0.2) is 28.3 Å². The van der Waals surface area contributed by atoms with Crippen molar-refractivity contribution in [3.8, 4) is 0 Å². The van der Waals surface area contributed by atoms with Crippen LogP contribution < -0.4 is 16.0 Å². The molecule has 0 aliphatic heterocycles. The fraction of sp³-hybridized carbons (Fsp3) is 0.294. The largest absolute Gasteiger partial charge is 0.354 e. The van der Waals surface area contributed by atoms with E-state index in [0.717, 1.165) is 13.0 Å². The second-order valence-corrected chi connectivity index (χ2v) is 5.36. The van der Waals surface area contributed by atoms with Gasteiger partial charge in [-0.2, -0.15) is 0 Å². The molecule has 0 atom stereocenters. The predicted octanol–water partition coefficient (Wildman–Crippen LogP) is 2.82. The van der Waals surface area contributed by atoms with E-state index in [-0.39, 0.29) is 17.5 Å². The highest BCUT2D eigenvalue weighted by Gasteiger charge is 2.11. The third kappa shape index (κ3) is 5.05. The van der Waals surface area contributed by atoms with Gasteiger partial charge in [-0.1, -0.05) is 13.0 Å². The molecule has 0 bridgehead atoms. The maximum atomic E-state index is 12.4. The topological polar surface area (TPSA) is 96.0 Å². The van der Waals surface area contributed by atoms with Crippen LogP contribution in [-0.2, 0) is 4.79 Å². The van der Waals surface area contributed by atoms with Gasteiger partial charge in [-0.3, -0.25) is 9.59 Å². The Morgan fingerprint density at radius 3 is 2.46 bits per heavy atom. The number of benzene rings is 1. The molecule has 7 heteroatoms. The molecule has 0 fully saturated rings. The van der Waals surface area contributed by atoms with Crippen LogP contribution in [0.1, 0.15) is 36.5 Å². The van der Waals surface area contributed by atoms with Gasteiger partial charge in [0.15, 0.2) is 0 Å². The molecular formula is C17H21N5O2. The Morgan fingerprint density at radius 2 is 1.79 bits per heavy atom. The van der Waals surface area contributed by atoms with Crippen LogP contribution in [0.15, 0.2) is 30.3 Å². The minimum absolute atomic E-state index is 0.170. The molecule has 3 N–H and O–H groups in total. The summed E-state index contributed by atoms with van der Waals surface area (Å²) in [5.41, 5.74) is 2.18. The molecule has 0 saturated heterocycles. The number of aromatic nitrogens is 2. The van der Waals surface area contributed by atoms with E-state index in [4.69, 9.17) is 0 Å². The van der Waals surface area contributed by atoms with Crippen molar-refractivity contribution in [3.63, 3.8) is 0 Å². The number of amides is 2. The summed E-state index contributed by atoms with van der Waals surface area (Å²) in [6.45, 7) is 6.02. The molecule has 0 unspecified atom stereocenters. The third-order valence-corrected chi connectivity index (χ3v) is 3.06. The summed E-state index contributed by atoms with van der Waals surface area (Å²) in [7, 11) is 0. The van der Waals surface area contributed by atoms with Crippen LogP contribution in [0.3, 0.4) is 0 Å². The summed E-state index contributed by atoms with van der Waals surface area (Å²) in [6.07, 6.45) is 0.939. The lowest BCUT2D eigenvalue weighted by atomic mass is 10.2. The van der Waals surface area contributed by atoms with E-state index in [1.54, 1.807) is 30.3 Å². The first-order valence-corrected chi connectivity index (χ1v) is 7.76. The van der Waals surface area contributed by atoms with Gasteiger partial charge < -0.3 is 16.0 Å². The van der Waals surface area contributed by atoms with E-state index in [1.807, 2.05) is 13.8 Å². The van der Waals surface area contributed by atoms with Gasteiger partial charge in [0.2, 0.25) is 11.9 Å². The molecule has 24 heavy (non-hydrogen) atoms. The molecule has 1 aromatic heterocycles. The number of hydrogen-bond donors (Lipinski definition) is 3. The Hall–Kier alpha value is -2.96. The lowest BCUT2D eigenvalue weighted by Crippen LogP contribution is -2.16. The van der Waals surface area contributed by atoms with Crippen molar-refractivity contribution in [1.82, 2.24) is 9.97 Å². The highest BCUT2D eigenvalue weighted by molar-refractivity contribution is 6.03. The molecular weight excluding hydrogens is 306 g/mol. The summed E-state index contributed by atoms with van der Waals surface area (Å²) in [6, 6.07) is 8.56. The van der Waals surface area contributed by atoms with Crippen molar-refractivity contribution < 1.29 is 9.59 Å². The Kier molecular flexibility index (Phi) is 5.83. The van der Waals surface area contributed by atoms with Crippen LogP contribution in [0.2, 0.25) is 0 Å². The lowest BCUT2D eigenvalue weighted by molar-refractivity contribution is -0.114. The monoisotopic (exact) mass is 327 g/mol. The number of aryl methyl sites for hydroxylation is 1. The zero-order valence-electron chi connectivity index (χ0n) is 14.0. The van der Waals surface area contributed by atoms with Gasteiger partial charge >= 0.3 is 0 Å². The molecule has 0 saturated carbocycles. The SMILES string of the molecule is CCCNc1nc(C)cc(C(=O)Nc2cccc(NC(C)=O)c2)n1. The fourth-order valence-corrected chi connectivity index (χ4v) is 2.07. The Balaban J connectivity index is 2.14. The van der Waals surface area contributed by atoms with E-state index in [0.29, 0.717) is 23.0 Å². The predicted molar refractivity (Wildman–Crippen MR) is 94.2 cm³/mol. The Bertz CT molecular complexity index is 746. The van der Waals surface area contributed by atoms with Crippen LogP contribution in [0.25, 0.3) is 0 Å². The van der Waals surface area contributed by atoms with Crippen molar-refractivity contribution in [3.05, 3.63) is 41.7 Å². The minimum Gasteiger partial charge on any atom is -0.354 e. The van der Waals surface area contributed by atoms with Crippen LogP contribution in [0.5, 0.6) is 0 Å². The molecule has 1 heterocycles. The van der Waals surface area contributed by atoms with Gasteiger partial charge in [0.1, 0.15) is 5.69 Å². The summed E-state index contributed by atoms with van der Waals surface area (Å²) >= 11 is 0. The zero-order chi connectivity index (χ0) is 17.5. The molecule has 2 rings (SSSR count). The quantitative estimate of drug-likeness (QED) is 0.758. The fourth-order valence-electron chi connectivity index (χ4n) is 2.07. The van der Waals surface area contributed by atoms with E-state index in [1.165, 1.54) is 6.92 Å². The highest BCUT2D eigenvalue weighted by atomic mass is 16.2. The average Bonchev–Trinajstić information content (AvgIpc) is 2.52. The summed E-state index contributed by atoms with van der Waals surface area (Å²) in [5, 5.41) is 8.52. The van der Waals surface area contributed by atoms with Gasteiger partial charge in [-0.15, -0.1) is 0 Å². The van der Waals surface area contributed by atoms with Gasteiger partial charge in [0.05, 0.1) is 0 Å². The molecule has 0 spiro atoms. The highest BCUT2D eigenvalue weighted by Crippen LogP contribution is 2.16. The molecule has 126 valence electrons. The first-order chi connectivity index (χ1) is 11.5. The molecule has 0 aliphatic carbocycles. The first kappa shape index (κ1) is 17.4. The second-order valence-electron chi connectivity index (χ2n) is 5.36. The zero-order valence-corrected chi connectivity index (χ0v) is 14.0. The number of carbonyl (C=O) groups is 2. The standard InChI is InChI=1S/C17H21N5O2/c1-4-8-18-17-19-11(2)9-15(22-17)16(24)21-14-7-5-6-13(10-14)20-12(3)23/h5-7,9-10H,4,8H2,1-3H3,(H,20,23)(H,21,24)(H,18,19,22). The average molecular weight is 327 g/mol. The molecule has 0 radical (unpaired) electrons. The number of rotatable bonds is 6. The maximum absolute atomic E-state index is 12.4. The number of anilines is 3.